The zero-order valence-corrected chi connectivity index (χ0v) is 16.8. The minimum atomic E-state index is -0.209. The summed E-state index contributed by atoms with van der Waals surface area (Å²) >= 11 is 0. The van der Waals surface area contributed by atoms with Crippen molar-refractivity contribution in [1.29, 1.82) is 0 Å². The van der Waals surface area contributed by atoms with E-state index in [-0.39, 0.29) is 25.1 Å². The van der Waals surface area contributed by atoms with Gasteiger partial charge < -0.3 is 28.4 Å². The van der Waals surface area contributed by atoms with E-state index in [4.69, 9.17) is 28.4 Å². The summed E-state index contributed by atoms with van der Waals surface area (Å²) in [5.74, 6) is 3.86. The second-order valence-corrected chi connectivity index (χ2v) is 8.09. The molecule has 154 valence electrons. The van der Waals surface area contributed by atoms with Crippen LogP contribution in [0.2, 0.25) is 0 Å². The summed E-state index contributed by atoms with van der Waals surface area (Å²) in [6.07, 6.45) is 1.68. The topological polar surface area (TPSA) is 55.4 Å². The van der Waals surface area contributed by atoms with Crippen molar-refractivity contribution in [3.63, 3.8) is 0 Å². The Bertz CT molecular complexity index is 880. The molecule has 0 saturated carbocycles. The molecule has 3 aliphatic rings. The molecule has 3 heterocycles. The largest absolute Gasteiger partial charge is 0.454 e. The predicted molar refractivity (Wildman–Crippen MR) is 105 cm³/mol. The maximum Gasteiger partial charge on any atom is 0.231 e. The highest BCUT2D eigenvalue weighted by molar-refractivity contribution is 5.45. The van der Waals surface area contributed by atoms with Crippen molar-refractivity contribution in [3.8, 4) is 23.0 Å². The van der Waals surface area contributed by atoms with Crippen LogP contribution in [-0.4, -0.2) is 32.6 Å². The molecule has 0 N–H and O–H groups in total. The van der Waals surface area contributed by atoms with Gasteiger partial charge in [0.2, 0.25) is 13.6 Å². The van der Waals surface area contributed by atoms with Crippen molar-refractivity contribution < 1.29 is 28.4 Å². The molecule has 29 heavy (non-hydrogen) atoms. The summed E-state index contributed by atoms with van der Waals surface area (Å²) in [5, 5.41) is 0. The zero-order valence-electron chi connectivity index (χ0n) is 16.8. The van der Waals surface area contributed by atoms with Gasteiger partial charge >= 0.3 is 0 Å². The minimum Gasteiger partial charge on any atom is -0.454 e. The Hall–Kier alpha value is -2.44. The molecule has 6 nitrogen and oxygen atoms in total. The maximum atomic E-state index is 6.11. The number of fused-ring (bicyclic) bond motifs is 2. The lowest BCUT2D eigenvalue weighted by atomic mass is 9.84. The van der Waals surface area contributed by atoms with Gasteiger partial charge in [-0.2, -0.15) is 0 Å². The van der Waals surface area contributed by atoms with Crippen LogP contribution in [0.4, 0.5) is 0 Å². The first-order valence-corrected chi connectivity index (χ1v) is 10.2. The first-order valence-electron chi connectivity index (χ1n) is 10.2. The van der Waals surface area contributed by atoms with Crippen molar-refractivity contribution >= 4 is 0 Å². The minimum absolute atomic E-state index is 0.114. The molecular formula is C23H26O6. The van der Waals surface area contributed by atoms with Crippen LogP contribution in [0.3, 0.4) is 0 Å². The highest BCUT2D eigenvalue weighted by atomic mass is 16.7. The summed E-state index contributed by atoms with van der Waals surface area (Å²) in [5.41, 5.74) is 2.43. The van der Waals surface area contributed by atoms with Crippen molar-refractivity contribution in [1.82, 2.24) is 0 Å². The number of hydrogen-bond acceptors (Lipinski definition) is 6. The smallest absolute Gasteiger partial charge is 0.231 e. The maximum absolute atomic E-state index is 6.11. The molecule has 3 atom stereocenters. The summed E-state index contributed by atoms with van der Waals surface area (Å²) in [6.45, 7) is 5.36. The average Bonchev–Trinajstić information content (AvgIpc) is 3.43. The van der Waals surface area contributed by atoms with Gasteiger partial charge in [-0.25, -0.2) is 0 Å². The third kappa shape index (κ3) is 3.87. The van der Waals surface area contributed by atoms with E-state index in [1.807, 2.05) is 26.0 Å². The Kier molecular flexibility index (Phi) is 4.97. The Morgan fingerprint density at radius 1 is 0.828 bits per heavy atom. The second-order valence-electron chi connectivity index (χ2n) is 8.09. The van der Waals surface area contributed by atoms with E-state index in [1.165, 1.54) is 11.1 Å². The lowest BCUT2D eigenvalue weighted by Gasteiger charge is -2.25. The Balaban J connectivity index is 1.35. The Morgan fingerprint density at radius 2 is 1.41 bits per heavy atom. The molecule has 5 rings (SSSR count). The highest BCUT2D eigenvalue weighted by Gasteiger charge is 2.38. The molecule has 0 spiro atoms. The van der Waals surface area contributed by atoms with Crippen LogP contribution in [0.25, 0.3) is 0 Å². The average molecular weight is 398 g/mol. The van der Waals surface area contributed by atoms with E-state index in [2.05, 4.69) is 24.3 Å². The van der Waals surface area contributed by atoms with E-state index in [9.17, 15) is 0 Å². The molecule has 0 amide bonds. The molecule has 3 aliphatic heterocycles. The molecule has 0 aromatic heterocycles. The fraction of sp³-hybridized carbons (Fsp3) is 0.478. The molecule has 0 bridgehead atoms. The summed E-state index contributed by atoms with van der Waals surface area (Å²) in [4.78, 5) is 0. The normalized spacial score (nSPS) is 24.4. The summed E-state index contributed by atoms with van der Waals surface area (Å²) in [7, 11) is 0. The third-order valence-electron chi connectivity index (χ3n) is 5.68. The number of hydrogen-bond donors (Lipinski definition) is 0. The first-order chi connectivity index (χ1) is 14.2. The lowest BCUT2D eigenvalue weighted by Crippen LogP contribution is -2.28. The van der Waals surface area contributed by atoms with Gasteiger partial charge in [0.15, 0.2) is 29.3 Å². The van der Waals surface area contributed by atoms with Crippen LogP contribution in [0.15, 0.2) is 36.4 Å². The molecule has 1 saturated heterocycles. The molecule has 3 unspecified atom stereocenters. The van der Waals surface area contributed by atoms with E-state index in [0.29, 0.717) is 19.3 Å². The van der Waals surface area contributed by atoms with E-state index < -0.39 is 0 Å². The number of ether oxygens (including phenoxy) is 6. The van der Waals surface area contributed by atoms with Crippen LogP contribution in [0.5, 0.6) is 23.0 Å². The van der Waals surface area contributed by atoms with Crippen LogP contribution in [0.1, 0.15) is 25.0 Å². The van der Waals surface area contributed by atoms with E-state index in [0.717, 1.165) is 35.8 Å². The van der Waals surface area contributed by atoms with Crippen molar-refractivity contribution in [2.45, 2.75) is 39.1 Å². The van der Waals surface area contributed by atoms with Crippen LogP contribution in [0, 0.1) is 11.8 Å². The van der Waals surface area contributed by atoms with Gasteiger partial charge in [0.1, 0.15) is 0 Å². The molecule has 0 aliphatic carbocycles. The highest BCUT2D eigenvalue weighted by Crippen LogP contribution is 2.39. The van der Waals surface area contributed by atoms with Crippen molar-refractivity contribution in [3.05, 3.63) is 47.5 Å². The third-order valence-corrected chi connectivity index (χ3v) is 5.68. The van der Waals surface area contributed by atoms with E-state index >= 15 is 0 Å². The lowest BCUT2D eigenvalue weighted by molar-refractivity contribution is -0.153. The van der Waals surface area contributed by atoms with Crippen molar-refractivity contribution in [2.24, 2.45) is 11.8 Å². The SMILES string of the molecule is CC(C)OC1OCC(Cc2ccc3c(c2)OCO3)C1Cc1ccc2c(c1)OCO2. The quantitative estimate of drug-likeness (QED) is 0.735. The van der Waals surface area contributed by atoms with Crippen molar-refractivity contribution in [2.75, 3.05) is 20.2 Å². The molecule has 6 heteroatoms. The van der Waals surface area contributed by atoms with Gasteiger partial charge in [-0.3, -0.25) is 0 Å². The Labute approximate surface area is 170 Å². The van der Waals surface area contributed by atoms with E-state index in [1.54, 1.807) is 0 Å². The van der Waals surface area contributed by atoms with Crippen LogP contribution in [-0.2, 0) is 22.3 Å². The van der Waals surface area contributed by atoms with Gasteiger partial charge in [0.25, 0.3) is 0 Å². The van der Waals surface area contributed by atoms with Crippen LogP contribution >= 0.6 is 0 Å². The van der Waals surface area contributed by atoms with Gasteiger partial charge in [0, 0.05) is 5.92 Å². The summed E-state index contributed by atoms with van der Waals surface area (Å²) in [6, 6.07) is 12.3. The fourth-order valence-corrected chi connectivity index (χ4v) is 4.28. The van der Waals surface area contributed by atoms with Gasteiger partial charge in [0.05, 0.1) is 12.7 Å². The second kappa shape index (κ2) is 7.76. The first kappa shape index (κ1) is 18.6. The summed E-state index contributed by atoms with van der Waals surface area (Å²) < 4.78 is 34.2. The molecule has 0 radical (unpaired) electrons. The number of rotatable bonds is 6. The monoisotopic (exact) mass is 398 g/mol. The fourth-order valence-electron chi connectivity index (χ4n) is 4.28. The predicted octanol–water partition coefficient (Wildman–Crippen LogP) is 3.94. The van der Waals surface area contributed by atoms with Gasteiger partial charge in [-0.1, -0.05) is 12.1 Å². The Morgan fingerprint density at radius 3 is 2.03 bits per heavy atom. The molecule has 1 fully saturated rings. The van der Waals surface area contributed by atoms with Gasteiger partial charge in [-0.15, -0.1) is 0 Å². The number of benzene rings is 2. The van der Waals surface area contributed by atoms with Crippen LogP contribution < -0.4 is 18.9 Å². The zero-order chi connectivity index (χ0) is 19.8. The van der Waals surface area contributed by atoms with Gasteiger partial charge in [-0.05, 0) is 68.0 Å². The molecule has 2 aromatic rings. The molecule has 2 aromatic carbocycles. The molecular weight excluding hydrogens is 372 g/mol. The standard InChI is InChI=1S/C23H26O6/c1-14(2)29-23-18(8-16-4-6-20-22(10-16)28-13-26-20)17(11-24-23)7-15-3-5-19-21(9-15)27-12-25-19/h3-6,9-10,14,17-18,23H,7-8,11-13H2,1-2H3.